The summed E-state index contributed by atoms with van der Waals surface area (Å²) in [6.07, 6.45) is 0. The molecule has 88 valence electrons. The fraction of sp³-hybridized carbons (Fsp3) is 0.417. The zero-order valence-corrected chi connectivity index (χ0v) is 10.3. The predicted octanol–water partition coefficient (Wildman–Crippen LogP) is 2.37. The van der Waals surface area contributed by atoms with Gasteiger partial charge in [-0.05, 0) is 44.0 Å². The number of nitrogens with two attached hydrogens (primary N) is 1. The topological polar surface area (TPSA) is 58.4 Å². The zero-order chi connectivity index (χ0) is 12.3. The van der Waals surface area contributed by atoms with Crippen LogP contribution in [0.1, 0.15) is 18.1 Å². The Morgan fingerprint density at radius 1 is 1.38 bits per heavy atom. The molecule has 0 radical (unpaired) electrons. The van der Waals surface area contributed by atoms with Crippen LogP contribution in [0.5, 0.6) is 0 Å². The lowest BCUT2D eigenvalue weighted by Crippen LogP contribution is -2.31. The molecule has 0 aliphatic rings. The van der Waals surface area contributed by atoms with Crippen molar-refractivity contribution in [3.63, 3.8) is 0 Å². The van der Waals surface area contributed by atoms with E-state index in [1.165, 1.54) is 0 Å². The van der Waals surface area contributed by atoms with Crippen molar-refractivity contribution in [1.82, 2.24) is 4.90 Å². The number of carbonyl (C=O) groups excluding carboxylic acids is 1. The van der Waals surface area contributed by atoms with Gasteiger partial charge in [0.15, 0.2) is 0 Å². The Morgan fingerprint density at radius 3 is 2.50 bits per heavy atom. The Morgan fingerprint density at radius 2 is 1.94 bits per heavy atom. The van der Waals surface area contributed by atoms with Crippen molar-refractivity contribution in [2.24, 2.45) is 0 Å². The Hall–Kier alpha value is -1.71. The second-order valence-electron chi connectivity index (χ2n) is 3.97. The number of nitrogens with one attached hydrogen (secondary N) is 1. The molecular weight excluding hydrogens is 202 g/mol. The summed E-state index contributed by atoms with van der Waals surface area (Å²) in [6.45, 7) is 6.57. The van der Waals surface area contributed by atoms with Gasteiger partial charge in [0.05, 0.1) is 11.4 Å². The average molecular weight is 221 g/mol. The maximum Gasteiger partial charge on any atom is 0.321 e. The average Bonchev–Trinajstić information content (AvgIpc) is 2.24. The van der Waals surface area contributed by atoms with E-state index in [1.807, 2.05) is 32.9 Å². The molecule has 3 N–H and O–H groups in total. The van der Waals surface area contributed by atoms with Gasteiger partial charge in [-0.3, -0.25) is 0 Å². The molecule has 0 aliphatic carbocycles. The molecule has 0 saturated heterocycles. The molecule has 0 spiro atoms. The number of anilines is 2. The Balaban J connectivity index is 2.90. The third-order valence-corrected chi connectivity index (χ3v) is 2.73. The molecule has 1 rings (SSSR count). The molecule has 0 saturated carbocycles. The van der Waals surface area contributed by atoms with E-state index >= 15 is 0 Å². The molecule has 2 amide bonds. The van der Waals surface area contributed by atoms with Gasteiger partial charge in [-0.25, -0.2) is 4.79 Å². The van der Waals surface area contributed by atoms with Gasteiger partial charge in [-0.1, -0.05) is 0 Å². The molecular formula is C12H19N3O. The van der Waals surface area contributed by atoms with Gasteiger partial charge in [0.2, 0.25) is 0 Å². The van der Waals surface area contributed by atoms with E-state index in [2.05, 4.69) is 5.32 Å². The van der Waals surface area contributed by atoms with Crippen molar-refractivity contribution in [2.75, 3.05) is 24.6 Å². The molecule has 0 aliphatic heterocycles. The second kappa shape index (κ2) is 4.88. The Labute approximate surface area is 96.4 Å². The minimum atomic E-state index is -0.141. The summed E-state index contributed by atoms with van der Waals surface area (Å²) in [7, 11) is 1.74. The van der Waals surface area contributed by atoms with Crippen molar-refractivity contribution in [1.29, 1.82) is 0 Å². The standard InChI is InChI=1S/C12H19N3O/c1-5-15(4)12(16)14-11-7-9(3)8(2)6-10(11)13/h6-7H,5,13H2,1-4H3,(H,14,16). The van der Waals surface area contributed by atoms with Crippen LogP contribution < -0.4 is 11.1 Å². The second-order valence-corrected chi connectivity index (χ2v) is 3.97. The molecule has 0 bridgehead atoms. The van der Waals surface area contributed by atoms with Gasteiger partial charge in [-0.15, -0.1) is 0 Å². The van der Waals surface area contributed by atoms with Gasteiger partial charge >= 0.3 is 6.03 Å². The fourth-order valence-electron chi connectivity index (χ4n) is 1.30. The fourth-order valence-corrected chi connectivity index (χ4v) is 1.30. The highest BCUT2D eigenvalue weighted by atomic mass is 16.2. The SMILES string of the molecule is CCN(C)C(=O)Nc1cc(C)c(C)cc1N. The van der Waals surface area contributed by atoms with Gasteiger partial charge in [0.1, 0.15) is 0 Å². The Kier molecular flexibility index (Phi) is 3.77. The van der Waals surface area contributed by atoms with Gasteiger partial charge in [0, 0.05) is 13.6 Å². The first-order valence-corrected chi connectivity index (χ1v) is 5.34. The molecule has 16 heavy (non-hydrogen) atoms. The first kappa shape index (κ1) is 12.4. The summed E-state index contributed by atoms with van der Waals surface area (Å²) in [6, 6.07) is 3.63. The van der Waals surface area contributed by atoms with Crippen LogP contribution in [-0.4, -0.2) is 24.5 Å². The quantitative estimate of drug-likeness (QED) is 0.753. The molecule has 4 heteroatoms. The lowest BCUT2D eigenvalue weighted by Gasteiger charge is -2.17. The van der Waals surface area contributed by atoms with E-state index in [4.69, 9.17) is 5.73 Å². The van der Waals surface area contributed by atoms with Crippen LogP contribution in [0.4, 0.5) is 16.2 Å². The Bertz CT molecular complexity index is 401. The number of carbonyl (C=O) groups is 1. The third-order valence-electron chi connectivity index (χ3n) is 2.73. The summed E-state index contributed by atoms with van der Waals surface area (Å²) in [4.78, 5) is 13.2. The van der Waals surface area contributed by atoms with Crippen LogP contribution in [0.15, 0.2) is 12.1 Å². The number of nitrogens with zero attached hydrogens (tertiary/aromatic N) is 1. The maximum absolute atomic E-state index is 11.7. The van der Waals surface area contributed by atoms with E-state index in [9.17, 15) is 4.79 Å². The lowest BCUT2D eigenvalue weighted by molar-refractivity contribution is 0.224. The first-order chi connectivity index (χ1) is 7.45. The van der Waals surface area contributed by atoms with Crippen molar-refractivity contribution < 1.29 is 4.79 Å². The molecule has 1 aromatic carbocycles. The molecule has 0 atom stereocenters. The zero-order valence-electron chi connectivity index (χ0n) is 10.3. The van der Waals surface area contributed by atoms with Crippen LogP contribution in [0, 0.1) is 13.8 Å². The molecule has 0 unspecified atom stereocenters. The predicted molar refractivity (Wildman–Crippen MR) is 67.7 cm³/mol. The highest BCUT2D eigenvalue weighted by Crippen LogP contribution is 2.23. The summed E-state index contributed by atoms with van der Waals surface area (Å²) in [5.74, 6) is 0. The van der Waals surface area contributed by atoms with Crippen molar-refractivity contribution in [3.05, 3.63) is 23.3 Å². The molecule has 4 nitrogen and oxygen atoms in total. The highest BCUT2D eigenvalue weighted by Gasteiger charge is 2.09. The summed E-state index contributed by atoms with van der Waals surface area (Å²) < 4.78 is 0. The summed E-state index contributed by atoms with van der Waals surface area (Å²) in [5, 5.41) is 2.79. The number of urea groups is 1. The lowest BCUT2D eigenvalue weighted by atomic mass is 10.1. The number of hydrogen-bond donors (Lipinski definition) is 2. The molecule has 0 heterocycles. The largest absolute Gasteiger partial charge is 0.397 e. The molecule has 1 aromatic rings. The normalized spacial score (nSPS) is 10.0. The van der Waals surface area contributed by atoms with Crippen molar-refractivity contribution in [3.8, 4) is 0 Å². The van der Waals surface area contributed by atoms with Crippen molar-refractivity contribution in [2.45, 2.75) is 20.8 Å². The van der Waals surface area contributed by atoms with E-state index in [0.717, 1.165) is 11.1 Å². The number of amides is 2. The number of nitrogen functional groups attached to an aromatic ring is 1. The summed E-state index contributed by atoms with van der Waals surface area (Å²) >= 11 is 0. The minimum Gasteiger partial charge on any atom is -0.397 e. The monoisotopic (exact) mass is 221 g/mol. The van der Waals surface area contributed by atoms with Gasteiger partial charge in [-0.2, -0.15) is 0 Å². The van der Waals surface area contributed by atoms with Gasteiger partial charge < -0.3 is 16.0 Å². The van der Waals surface area contributed by atoms with E-state index in [0.29, 0.717) is 17.9 Å². The molecule has 0 aromatic heterocycles. The van der Waals surface area contributed by atoms with E-state index in [1.54, 1.807) is 11.9 Å². The first-order valence-electron chi connectivity index (χ1n) is 5.34. The smallest absolute Gasteiger partial charge is 0.321 e. The van der Waals surface area contributed by atoms with E-state index in [-0.39, 0.29) is 6.03 Å². The summed E-state index contributed by atoms with van der Waals surface area (Å²) in [5.41, 5.74) is 9.36. The number of benzene rings is 1. The van der Waals surface area contributed by atoms with Crippen molar-refractivity contribution >= 4 is 17.4 Å². The number of hydrogen-bond acceptors (Lipinski definition) is 2. The molecule has 0 fully saturated rings. The highest BCUT2D eigenvalue weighted by molar-refractivity contribution is 5.92. The van der Waals surface area contributed by atoms with Crippen LogP contribution in [0.3, 0.4) is 0 Å². The third kappa shape index (κ3) is 2.66. The van der Waals surface area contributed by atoms with Crippen LogP contribution >= 0.6 is 0 Å². The number of aryl methyl sites for hydroxylation is 2. The van der Waals surface area contributed by atoms with Crippen LogP contribution in [0.2, 0.25) is 0 Å². The minimum absolute atomic E-state index is 0.141. The van der Waals surface area contributed by atoms with Crippen LogP contribution in [0.25, 0.3) is 0 Å². The van der Waals surface area contributed by atoms with E-state index < -0.39 is 0 Å². The number of rotatable bonds is 2. The van der Waals surface area contributed by atoms with Gasteiger partial charge in [0.25, 0.3) is 0 Å². The van der Waals surface area contributed by atoms with Crippen LogP contribution in [-0.2, 0) is 0 Å². The maximum atomic E-state index is 11.7.